The number of rotatable bonds is 4. The van der Waals surface area contributed by atoms with Crippen molar-refractivity contribution >= 4 is 30.7 Å². The highest BCUT2D eigenvalue weighted by molar-refractivity contribution is 5.85. The van der Waals surface area contributed by atoms with E-state index in [0.29, 0.717) is 24.0 Å². The Morgan fingerprint density at radius 1 is 0.844 bits per heavy atom. The number of fused-ring (bicyclic) bond motifs is 1. The smallest absolute Gasteiger partial charge is 0.224 e. The molecule has 1 aromatic rings. The van der Waals surface area contributed by atoms with E-state index in [0.717, 1.165) is 38.9 Å². The first-order valence-corrected chi connectivity index (χ1v) is 12.3. The summed E-state index contributed by atoms with van der Waals surface area (Å²) >= 11 is 0. The summed E-state index contributed by atoms with van der Waals surface area (Å²) in [6.45, 7) is 6.64. The summed E-state index contributed by atoms with van der Waals surface area (Å²) in [5.41, 5.74) is 3.12. The van der Waals surface area contributed by atoms with E-state index in [2.05, 4.69) is 44.7 Å². The Morgan fingerprint density at radius 3 is 2.16 bits per heavy atom. The van der Waals surface area contributed by atoms with Gasteiger partial charge in [-0.2, -0.15) is 0 Å². The van der Waals surface area contributed by atoms with Crippen LogP contribution in [0.15, 0.2) is 24.3 Å². The van der Waals surface area contributed by atoms with Crippen molar-refractivity contribution in [3.8, 4) is 0 Å². The van der Waals surface area contributed by atoms with E-state index in [1.165, 1.54) is 51.7 Å². The van der Waals surface area contributed by atoms with E-state index in [4.69, 9.17) is 0 Å². The topological polar surface area (TPSA) is 47.6 Å². The van der Waals surface area contributed by atoms with Gasteiger partial charge in [0.1, 0.15) is 0 Å². The van der Waals surface area contributed by atoms with Gasteiger partial charge in [0.05, 0.1) is 5.92 Å². The molecule has 5 rings (SSSR count). The Bertz CT molecular complexity index is 709. The Labute approximate surface area is 205 Å². The number of carbonyl (C=O) groups is 1. The SMILES string of the molecule is Cl.Cl.O=C(NC1CCNCC1)C1CCCN(C2CCN(C3Cc4ccccc4C3)CC2)C1. The Hall–Kier alpha value is -0.850. The molecule has 7 heteroatoms. The highest BCUT2D eigenvalue weighted by Crippen LogP contribution is 2.29. The number of likely N-dealkylation sites (tertiary alicyclic amines) is 2. The normalized spacial score (nSPS) is 26.1. The third-order valence-electron chi connectivity index (χ3n) is 8.07. The van der Waals surface area contributed by atoms with Crippen LogP contribution in [-0.2, 0) is 17.6 Å². The van der Waals surface area contributed by atoms with Crippen molar-refractivity contribution in [1.29, 1.82) is 0 Å². The summed E-state index contributed by atoms with van der Waals surface area (Å²) in [6, 6.07) is 10.7. The molecule has 3 heterocycles. The van der Waals surface area contributed by atoms with Crippen LogP contribution in [0.1, 0.15) is 49.7 Å². The third kappa shape index (κ3) is 5.98. The fourth-order valence-corrected chi connectivity index (χ4v) is 6.25. The molecule has 0 aromatic heterocycles. The van der Waals surface area contributed by atoms with Crippen molar-refractivity contribution in [1.82, 2.24) is 20.4 Å². The van der Waals surface area contributed by atoms with E-state index < -0.39 is 0 Å². The molecule has 32 heavy (non-hydrogen) atoms. The molecule has 4 aliphatic rings. The van der Waals surface area contributed by atoms with Crippen molar-refractivity contribution in [2.24, 2.45) is 5.92 Å². The number of halogens is 2. The van der Waals surface area contributed by atoms with Crippen LogP contribution in [0.4, 0.5) is 0 Å². The third-order valence-corrected chi connectivity index (χ3v) is 8.07. The Balaban J connectivity index is 0.00000144. The molecule has 0 radical (unpaired) electrons. The minimum absolute atomic E-state index is 0. The average molecular weight is 484 g/mol. The first-order valence-electron chi connectivity index (χ1n) is 12.3. The van der Waals surface area contributed by atoms with Gasteiger partial charge in [-0.05, 0) is 95.2 Å². The highest BCUT2D eigenvalue weighted by Gasteiger charge is 2.34. The van der Waals surface area contributed by atoms with Gasteiger partial charge in [-0.15, -0.1) is 24.8 Å². The van der Waals surface area contributed by atoms with Gasteiger partial charge in [0.2, 0.25) is 5.91 Å². The molecule has 1 aliphatic carbocycles. The van der Waals surface area contributed by atoms with Gasteiger partial charge < -0.3 is 10.6 Å². The van der Waals surface area contributed by atoms with Crippen LogP contribution in [0, 0.1) is 5.92 Å². The van der Waals surface area contributed by atoms with E-state index in [1.807, 2.05) is 0 Å². The molecular weight excluding hydrogens is 443 g/mol. The molecule has 0 bridgehead atoms. The predicted molar refractivity (Wildman–Crippen MR) is 135 cm³/mol. The van der Waals surface area contributed by atoms with Crippen molar-refractivity contribution in [3.05, 3.63) is 35.4 Å². The monoisotopic (exact) mass is 482 g/mol. The Morgan fingerprint density at radius 2 is 1.50 bits per heavy atom. The van der Waals surface area contributed by atoms with E-state index in [1.54, 1.807) is 11.1 Å². The molecule has 2 N–H and O–H groups in total. The number of amides is 1. The first-order chi connectivity index (χ1) is 14.8. The zero-order valence-corrected chi connectivity index (χ0v) is 20.8. The molecule has 1 unspecified atom stereocenters. The molecule has 3 fully saturated rings. The summed E-state index contributed by atoms with van der Waals surface area (Å²) in [5, 5.41) is 6.73. The quantitative estimate of drug-likeness (QED) is 0.692. The zero-order valence-electron chi connectivity index (χ0n) is 19.1. The number of piperidine rings is 3. The van der Waals surface area contributed by atoms with Gasteiger partial charge in [-0.1, -0.05) is 24.3 Å². The van der Waals surface area contributed by atoms with Gasteiger partial charge in [0.15, 0.2) is 0 Å². The minimum atomic E-state index is 0. The molecule has 3 saturated heterocycles. The lowest BCUT2D eigenvalue weighted by Gasteiger charge is -2.43. The van der Waals surface area contributed by atoms with Crippen molar-refractivity contribution < 1.29 is 4.79 Å². The van der Waals surface area contributed by atoms with E-state index >= 15 is 0 Å². The second kappa shape index (κ2) is 12.0. The second-order valence-electron chi connectivity index (χ2n) is 9.96. The van der Waals surface area contributed by atoms with Crippen LogP contribution in [-0.4, -0.2) is 73.1 Å². The van der Waals surface area contributed by atoms with Gasteiger partial charge in [-0.25, -0.2) is 0 Å². The fraction of sp³-hybridized carbons (Fsp3) is 0.720. The van der Waals surface area contributed by atoms with Crippen LogP contribution in [0.25, 0.3) is 0 Å². The number of hydrogen-bond donors (Lipinski definition) is 2. The molecular formula is C25H40Cl2N4O. The standard InChI is InChI=1S/C25H38N4O.2ClH/c30-25(27-22-7-11-26-12-8-22)21-6-3-13-29(18-21)23-9-14-28(15-10-23)24-16-19-4-1-2-5-20(19)17-24;;/h1-2,4-5,21-24,26H,3,6-18H2,(H,27,30);2*1H. The molecule has 1 aromatic carbocycles. The molecule has 0 saturated carbocycles. The second-order valence-corrected chi connectivity index (χ2v) is 9.96. The maximum atomic E-state index is 12.9. The fourth-order valence-electron chi connectivity index (χ4n) is 6.25. The number of nitrogens with zero attached hydrogens (tertiary/aromatic N) is 2. The van der Waals surface area contributed by atoms with Gasteiger partial charge in [0, 0.05) is 24.7 Å². The summed E-state index contributed by atoms with van der Waals surface area (Å²) in [6.07, 6.45) is 9.35. The van der Waals surface area contributed by atoms with Crippen molar-refractivity contribution in [2.45, 2.75) is 69.5 Å². The van der Waals surface area contributed by atoms with E-state index in [9.17, 15) is 4.79 Å². The molecule has 1 amide bonds. The zero-order chi connectivity index (χ0) is 20.3. The van der Waals surface area contributed by atoms with E-state index in [-0.39, 0.29) is 30.7 Å². The molecule has 3 aliphatic heterocycles. The maximum Gasteiger partial charge on any atom is 0.224 e. The summed E-state index contributed by atoms with van der Waals surface area (Å²) in [7, 11) is 0. The lowest BCUT2D eigenvalue weighted by atomic mass is 9.92. The number of benzene rings is 1. The van der Waals surface area contributed by atoms with Crippen LogP contribution in [0.5, 0.6) is 0 Å². The number of nitrogens with one attached hydrogen (secondary N) is 2. The average Bonchev–Trinajstić information content (AvgIpc) is 3.24. The van der Waals surface area contributed by atoms with Gasteiger partial charge in [0.25, 0.3) is 0 Å². The van der Waals surface area contributed by atoms with Gasteiger partial charge in [-0.3, -0.25) is 14.6 Å². The minimum Gasteiger partial charge on any atom is -0.353 e. The first kappa shape index (κ1) is 25.8. The number of carbonyl (C=O) groups excluding carboxylic acids is 1. The van der Waals surface area contributed by atoms with Crippen LogP contribution in [0.2, 0.25) is 0 Å². The maximum absolute atomic E-state index is 12.9. The summed E-state index contributed by atoms with van der Waals surface area (Å²) in [5.74, 6) is 0.503. The van der Waals surface area contributed by atoms with Crippen LogP contribution >= 0.6 is 24.8 Å². The van der Waals surface area contributed by atoms with Crippen molar-refractivity contribution in [3.63, 3.8) is 0 Å². The molecule has 1 atom stereocenters. The summed E-state index contributed by atoms with van der Waals surface area (Å²) < 4.78 is 0. The molecule has 5 nitrogen and oxygen atoms in total. The highest BCUT2D eigenvalue weighted by atomic mass is 35.5. The summed E-state index contributed by atoms with van der Waals surface area (Å²) in [4.78, 5) is 18.2. The number of hydrogen-bond acceptors (Lipinski definition) is 4. The lowest BCUT2D eigenvalue weighted by Crippen LogP contribution is -2.53. The van der Waals surface area contributed by atoms with Crippen LogP contribution < -0.4 is 10.6 Å². The van der Waals surface area contributed by atoms with Crippen LogP contribution in [0.3, 0.4) is 0 Å². The molecule has 180 valence electrons. The lowest BCUT2D eigenvalue weighted by molar-refractivity contribution is -0.128. The largest absolute Gasteiger partial charge is 0.353 e. The van der Waals surface area contributed by atoms with Crippen molar-refractivity contribution in [2.75, 3.05) is 39.3 Å². The predicted octanol–water partition coefficient (Wildman–Crippen LogP) is 3.04. The Kier molecular flexibility index (Phi) is 9.69. The molecule has 0 spiro atoms. The van der Waals surface area contributed by atoms with Gasteiger partial charge >= 0.3 is 0 Å².